The molecule has 0 aliphatic carbocycles. The Hall–Kier alpha value is -0.0800. The molecule has 1 atom stereocenters. The van der Waals surface area contributed by atoms with Gasteiger partial charge in [-0.2, -0.15) is 0 Å². The van der Waals surface area contributed by atoms with Gasteiger partial charge >= 0.3 is 0 Å². The SMILES string of the molecule is CCC(CC)OC(C)CCCO. The first-order chi connectivity index (χ1) is 5.74. The number of hydrogen-bond donors (Lipinski definition) is 1. The summed E-state index contributed by atoms with van der Waals surface area (Å²) in [7, 11) is 0. The van der Waals surface area contributed by atoms with Crippen molar-refractivity contribution in [1.29, 1.82) is 0 Å². The normalized spacial score (nSPS) is 13.8. The molecule has 0 spiro atoms. The number of hydrogen-bond acceptors (Lipinski definition) is 2. The van der Waals surface area contributed by atoms with Gasteiger partial charge in [0.25, 0.3) is 0 Å². The van der Waals surface area contributed by atoms with Crippen LogP contribution in [0.15, 0.2) is 0 Å². The largest absolute Gasteiger partial charge is 0.396 e. The van der Waals surface area contributed by atoms with Gasteiger partial charge in [-0.25, -0.2) is 0 Å². The fourth-order valence-electron chi connectivity index (χ4n) is 1.26. The molecule has 0 fully saturated rings. The van der Waals surface area contributed by atoms with Crippen molar-refractivity contribution in [3.8, 4) is 0 Å². The average Bonchev–Trinajstić information content (AvgIpc) is 2.10. The summed E-state index contributed by atoms with van der Waals surface area (Å²) in [6, 6.07) is 0. The van der Waals surface area contributed by atoms with Crippen LogP contribution < -0.4 is 0 Å². The van der Waals surface area contributed by atoms with Crippen molar-refractivity contribution >= 4 is 0 Å². The Morgan fingerprint density at radius 3 is 2.25 bits per heavy atom. The molecule has 0 bridgehead atoms. The van der Waals surface area contributed by atoms with E-state index < -0.39 is 0 Å². The van der Waals surface area contributed by atoms with E-state index in [4.69, 9.17) is 9.84 Å². The van der Waals surface area contributed by atoms with E-state index in [-0.39, 0.29) is 6.61 Å². The van der Waals surface area contributed by atoms with Crippen LogP contribution in [0.3, 0.4) is 0 Å². The van der Waals surface area contributed by atoms with Crippen molar-refractivity contribution in [1.82, 2.24) is 0 Å². The Labute approximate surface area is 75.9 Å². The zero-order chi connectivity index (χ0) is 9.40. The molecule has 0 aliphatic heterocycles. The molecule has 0 aliphatic rings. The Morgan fingerprint density at radius 2 is 1.83 bits per heavy atom. The van der Waals surface area contributed by atoms with E-state index in [0.717, 1.165) is 25.7 Å². The monoisotopic (exact) mass is 174 g/mol. The number of aliphatic hydroxyl groups excluding tert-OH is 1. The molecule has 1 unspecified atom stereocenters. The third-order valence-electron chi connectivity index (χ3n) is 2.10. The summed E-state index contributed by atoms with van der Waals surface area (Å²) in [6.45, 7) is 6.64. The minimum Gasteiger partial charge on any atom is -0.396 e. The highest BCUT2D eigenvalue weighted by Gasteiger charge is 2.08. The Balaban J connectivity index is 3.44. The number of rotatable bonds is 7. The van der Waals surface area contributed by atoms with Gasteiger partial charge in [0.1, 0.15) is 0 Å². The highest BCUT2D eigenvalue weighted by Crippen LogP contribution is 2.09. The van der Waals surface area contributed by atoms with E-state index in [2.05, 4.69) is 20.8 Å². The maximum Gasteiger partial charge on any atom is 0.0573 e. The molecule has 74 valence electrons. The first-order valence-electron chi connectivity index (χ1n) is 5.00. The van der Waals surface area contributed by atoms with Gasteiger partial charge in [0.05, 0.1) is 12.2 Å². The van der Waals surface area contributed by atoms with Crippen LogP contribution in [0.4, 0.5) is 0 Å². The first-order valence-corrected chi connectivity index (χ1v) is 5.00. The lowest BCUT2D eigenvalue weighted by atomic mass is 10.2. The predicted molar refractivity (Wildman–Crippen MR) is 51.2 cm³/mol. The Bertz CT molecular complexity index is 89.8. The standard InChI is InChI=1S/C10H22O2/c1-4-10(5-2)12-9(3)7-6-8-11/h9-11H,4-8H2,1-3H3. The minimum absolute atomic E-state index is 0.274. The fraction of sp³-hybridized carbons (Fsp3) is 1.00. The summed E-state index contributed by atoms with van der Waals surface area (Å²) in [4.78, 5) is 0. The fourth-order valence-corrected chi connectivity index (χ4v) is 1.26. The van der Waals surface area contributed by atoms with E-state index in [1.54, 1.807) is 0 Å². The Kier molecular flexibility index (Phi) is 7.51. The van der Waals surface area contributed by atoms with Gasteiger partial charge in [-0.05, 0) is 32.6 Å². The molecule has 2 heteroatoms. The molecular weight excluding hydrogens is 152 g/mol. The van der Waals surface area contributed by atoms with Gasteiger partial charge in [-0.15, -0.1) is 0 Å². The minimum atomic E-state index is 0.274. The molecule has 0 aromatic rings. The van der Waals surface area contributed by atoms with Crippen molar-refractivity contribution in [2.75, 3.05) is 6.61 Å². The third-order valence-corrected chi connectivity index (χ3v) is 2.10. The molecule has 2 nitrogen and oxygen atoms in total. The predicted octanol–water partition coefficient (Wildman–Crippen LogP) is 2.35. The highest BCUT2D eigenvalue weighted by molar-refractivity contribution is 4.57. The molecule has 0 aromatic heterocycles. The topological polar surface area (TPSA) is 29.5 Å². The molecule has 0 rings (SSSR count). The van der Waals surface area contributed by atoms with E-state index in [1.165, 1.54) is 0 Å². The van der Waals surface area contributed by atoms with Gasteiger partial charge in [0.15, 0.2) is 0 Å². The summed E-state index contributed by atoms with van der Waals surface area (Å²) >= 11 is 0. The van der Waals surface area contributed by atoms with Crippen molar-refractivity contribution in [3.05, 3.63) is 0 Å². The second-order valence-electron chi connectivity index (χ2n) is 3.25. The maximum absolute atomic E-state index is 8.61. The summed E-state index contributed by atoms with van der Waals surface area (Å²) in [5, 5.41) is 8.61. The summed E-state index contributed by atoms with van der Waals surface area (Å²) in [5.74, 6) is 0. The van der Waals surface area contributed by atoms with Crippen LogP contribution in [0.25, 0.3) is 0 Å². The van der Waals surface area contributed by atoms with E-state index in [1.807, 2.05) is 0 Å². The lowest BCUT2D eigenvalue weighted by Gasteiger charge is -2.19. The van der Waals surface area contributed by atoms with Gasteiger partial charge in [0, 0.05) is 6.61 Å². The van der Waals surface area contributed by atoms with Crippen LogP contribution in [0, 0.1) is 0 Å². The van der Waals surface area contributed by atoms with E-state index in [9.17, 15) is 0 Å². The molecule has 0 saturated carbocycles. The lowest BCUT2D eigenvalue weighted by Crippen LogP contribution is -2.18. The number of aliphatic hydroxyl groups is 1. The zero-order valence-corrected chi connectivity index (χ0v) is 8.55. The first kappa shape index (κ1) is 11.9. The van der Waals surface area contributed by atoms with Crippen LogP contribution in [0.1, 0.15) is 46.5 Å². The second kappa shape index (κ2) is 7.56. The molecule has 0 heterocycles. The summed E-state index contributed by atoms with van der Waals surface area (Å²) in [6.07, 6.45) is 4.68. The molecule has 0 saturated heterocycles. The molecular formula is C10H22O2. The van der Waals surface area contributed by atoms with Crippen molar-refractivity contribution in [3.63, 3.8) is 0 Å². The molecule has 0 radical (unpaired) electrons. The van der Waals surface area contributed by atoms with Gasteiger partial charge in [-0.3, -0.25) is 0 Å². The number of ether oxygens (including phenoxy) is 1. The molecule has 12 heavy (non-hydrogen) atoms. The van der Waals surface area contributed by atoms with Crippen LogP contribution in [0.5, 0.6) is 0 Å². The highest BCUT2D eigenvalue weighted by atomic mass is 16.5. The van der Waals surface area contributed by atoms with Crippen LogP contribution in [-0.4, -0.2) is 23.9 Å². The van der Waals surface area contributed by atoms with Crippen LogP contribution in [-0.2, 0) is 4.74 Å². The molecule has 0 aromatic carbocycles. The van der Waals surface area contributed by atoms with Crippen molar-refractivity contribution in [2.45, 2.75) is 58.7 Å². The average molecular weight is 174 g/mol. The smallest absolute Gasteiger partial charge is 0.0573 e. The van der Waals surface area contributed by atoms with E-state index >= 15 is 0 Å². The van der Waals surface area contributed by atoms with Gasteiger partial charge in [0.2, 0.25) is 0 Å². The van der Waals surface area contributed by atoms with E-state index in [0.29, 0.717) is 12.2 Å². The summed E-state index contributed by atoms with van der Waals surface area (Å²) < 4.78 is 5.74. The second-order valence-corrected chi connectivity index (χ2v) is 3.25. The van der Waals surface area contributed by atoms with Crippen LogP contribution >= 0.6 is 0 Å². The quantitative estimate of drug-likeness (QED) is 0.642. The third kappa shape index (κ3) is 5.56. The van der Waals surface area contributed by atoms with Crippen LogP contribution in [0.2, 0.25) is 0 Å². The maximum atomic E-state index is 8.61. The van der Waals surface area contributed by atoms with Gasteiger partial charge in [-0.1, -0.05) is 13.8 Å². The molecule has 1 N–H and O–H groups in total. The van der Waals surface area contributed by atoms with Crippen molar-refractivity contribution in [2.24, 2.45) is 0 Å². The lowest BCUT2D eigenvalue weighted by molar-refractivity contribution is -0.0122. The van der Waals surface area contributed by atoms with Gasteiger partial charge < -0.3 is 9.84 Å². The van der Waals surface area contributed by atoms with Crippen molar-refractivity contribution < 1.29 is 9.84 Å². The summed E-state index contributed by atoms with van der Waals surface area (Å²) in [5.41, 5.74) is 0. The Morgan fingerprint density at radius 1 is 1.25 bits per heavy atom. The molecule has 0 amide bonds. The zero-order valence-electron chi connectivity index (χ0n) is 8.55.